The zero-order valence-electron chi connectivity index (χ0n) is 11.4. The molecule has 2 aromatic rings. The summed E-state index contributed by atoms with van der Waals surface area (Å²) in [5.41, 5.74) is 1.29. The van der Waals surface area contributed by atoms with E-state index < -0.39 is 5.97 Å². The zero-order chi connectivity index (χ0) is 15.2. The molecule has 0 spiro atoms. The van der Waals surface area contributed by atoms with E-state index in [4.69, 9.17) is 16.3 Å². The molecule has 2 aromatic carbocycles. The van der Waals surface area contributed by atoms with Crippen LogP contribution in [-0.2, 0) is 4.79 Å². The van der Waals surface area contributed by atoms with Gasteiger partial charge in [0.25, 0.3) is 5.91 Å². The van der Waals surface area contributed by atoms with Crippen molar-refractivity contribution < 1.29 is 14.3 Å². The fraction of sp³-hybridized carbons (Fsp3) is 0.125. The van der Waals surface area contributed by atoms with Gasteiger partial charge in [-0.15, -0.1) is 0 Å². The Morgan fingerprint density at radius 2 is 1.76 bits per heavy atom. The van der Waals surface area contributed by atoms with Crippen LogP contribution in [0.4, 0.5) is 0 Å². The minimum atomic E-state index is -0.522. The van der Waals surface area contributed by atoms with Crippen molar-refractivity contribution in [1.29, 1.82) is 0 Å². The zero-order valence-corrected chi connectivity index (χ0v) is 12.2. The lowest BCUT2D eigenvalue weighted by Gasteiger charge is -2.08. The van der Waals surface area contributed by atoms with E-state index in [1.807, 2.05) is 19.1 Å². The third kappa shape index (κ3) is 4.33. The molecule has 1 N–H and O–H groups in total. The van der Waals surface area contributed by atoms with Gasteiger partial charge < -0.3 is 10.1 Å². The largest absolute Gasteiger partial charge is 0.425 e. The summed E-state index contributed by atoms with van der Waals surface area (Å²) in [6.07, 6.45) is 0. The SMILES string of the molecule is Cc1ccccc1OC(=O)CNC(=O)c1ccc(Cl)cc1. The molecule has 0 aliphatic carbocycles. The summed E-state index contributed by atoms with van der Waals surface area (Å²) in [4.78, 5) is 23.5. The molecule has 1 amide bonds. The van der Waals surface area contributed by atoms with E-state index in [0.717, 1.165) is 5.56 Å². The second-order valence-corrected chi connectivity index (χ2v) is 4.87. The van der Waals surface area contributed by atoms with E-state index in [0.29, 0.717) is 16.3 Å². The van der Waals surface area contributed by atoms with E-state index in [-0.39, 0.29) is 12.5 Å². The number of nitrogens with one attached hydrogen (secondary N) is 1. The van der Waals surface area contributed by atoms with Crippen LogP contribution in [0, 0.1) is 6.92 Å². The van der Waals surface area contributed by atoms with E-state index in [2.05, 4.69) is 5.32 Å². The lowest BCUT2D eigenvalue weighted by Crippen LogP contribution is -2.31. The first-order chi connectivity index (χ1) is 10.1. The Morgan fingerprint density at radius 3 is 2.43 bits per heavy atom. The van der Waals surface area contributed by atoms with Gasteiger partial charge in [0.05, 0.1) is 0 Å². The average molecular weight is 304 g/mol. The predicted molar refractivity (Wildman–Crippen MR) is 80.6 cm³/mol. The van der Waals surface area contributed by atoms with E-state index in [1.165, 1.54) is 0 Å². The lowest BCUT2D eigenvalue weighted by atomic mass is 10.2. The normalized spacial score (nSPS) is 10.0. The molecular formula is C16H14ClNO3. The number of esters is 1. The molecule has 0 heterocycles. The number of hydrogen-bond acceptors (Lipinski definition) is 3. The molecule has 0 saturated heterocycles. The average Bonchev–Trinajstić information content (AvgIpc) is 2.48. The van der Waals surface area contributed by atoms with Crippen LogP contribution in [0.5, 0.6) is 5.75 Å². The van der Waals surface area contributed by atoms with Gasteiger partial charge in [-0.3, -0.25) is 4.79 Å². The number of amides is 1. The third-order valence-electron chi connectivity index (χ3n) is 2.82. The van der Waals surface area contributed by atoms with E-state index in [1.54, 1.807) is 36.4 Å². The van der Waals surface area contributed by atoms with Gasteiger partial charge in [-0.2, -0.15) is 0 Å². The first-order valence-electron chi connectivity index (χ1n) is 6.36. The molecule has 0 unspecified atom stereocenters. The monoisotopic (exact) mass is 303 g/mol. The van der Waals surface area contributed by atoms with Gasteiger partial charge in [0, 0.05) is 10.6 Å². The van der Waals surface area contributed by atoms with Crippen molar-refractivity contribution in [2.45, 2.75) is 6.92 Å². The van der Waals surface area contributed by atoms with Gasteiger partial charge in [0.1, 0.15) is 12.3 Å². The van der Waals surface area contributed by atoms with E-state index in [9.17, 15) is 9.59 Å². The molecule has 108 valence electrons. The summed E-state index contributed by atoms with van der Waals surface area (Å²) < 4.78 is 5.18. The molecule has 21 heavy (non-hydrogen) atoms. The molecule has 0 aromatic heterocycles. The van der Waals surface area contributed by atoms with Crippen LogP contribution in [0.15, 0.2) is 48.5 Å². The molecular weight excluding hydrogens is 290 g/mol. The molecule has 4 nitrogen and oxygen atoms in total. The van der Waals surface area contributed by atoms with Gasteiger partial charge in [0.15, 0.2) is 0 Å². The van der Waals surface area contributed by atoms with Crippen molar-refractivity contribution in [2.24, 2.45) is 0 Å². The molecule has 0 aliphatic heterocycles. The highest BCUT2D eigenvalue weighted by Gasteiger charge is 2.10. The maximum atomic E-state index is 11.8. The number of carbonyl (C=O) groups excluding carboxylic acids is 2. The van der Waals surface area contributed by atoms with Crippen LogP contribution in [0.1, 0.15) is 15.9 Å². The summed E-state index contributed by atoms with van der Waals surface area (Å²) in [7, 11) is 0. The number of ether oxygens (including phenoxy) is 1. The number of hydrogen-bond donors (Lipinski definition) is 1. The van der Waals surface area contributed by atoms with Gasteiger partial charge >= 0.3 is 5.97 Å². The van der Waals surface area contributed by atoms with Crippen molar-refractivity contribution in [3.8, 4) is 5.75 Å². The van der Waals surface area contributed by atoms with Gasteiger partial charge in [0.2, 0.25) is 0 Å². The molecule has 5 heteroatoms. The van der Waals surface area contributed by atoms with Crippen LogP contribution in [0.25, 0.3) is 0 Å². The summed E-state index contributed by atoms with van der Waals surface area (Å²) in [6, 6.07) is 13.6. The van der Waals surface area contributed by atoms with Crippen LogP contribution >= 0.6 is 11.6 Å². The van der Waals surface area contributed by atoms with Crippen LogP contribution in [-0.4, -0.2) is 18.4 Å². The maximum Gasteiger partial charge on any atom is 0.330 e. The minimum absolute atomic E-state index is 0.199. The van der Waals surface area contributed by atoms with Crippen molar-refractivity contribution in [1.82, 2.24) is 5.32 Å². The quantitative estimate of drug-likeness (QED) is 0.698. The number of halogens is 1. The number of para-hydroxylation sites is 1. The number of carbonyl (C=O) groups is 2. The Balaban J connectivity index is 1.88. The Kier molecular flexibility index (Phi) is 4.95. The second kappa shape index (κ2) is 6.90. The first-order valence-corrected chi connectivity index (χ1v) is 6.74. The first kappa shape index (κ1) is 15.1. The van der Waals surface area contributed by atoms with Crippen LogP contribution < -0.4 is 10.1 Å². The molecule has 0 atom stereocenters. The van der Waals surface area contributed by atoms with Crippen molar-refractivity contribution in [2.75, 3.05) is 6.54 Å². The predicted octanol–water partition coefficient (Wildman–Crippen LogP) is 2.98. The Bertz CT molecular complexity index is 653. The van der Waals surface area contributed by atoms with Crippen LogP contribution in [0.2, 0.25) is 5.02 Å². The van der Waals surface area contributed by atoms with Crippen molar-refractivity contribution in [3.05, 3.63) is 64.7 Å². The van der Waals surface area contributed by atoms with Gasteiger partial charge in [-0.05, 0) is 42.8 Å². The highest BCUT2D eigenvalue weighted by Crippen LogP contribution is 2.16. The van der Waals surface area contributed by atoms with Gasteiger partial charge in [-0.1, -0.05) is 29.8 Å². The molecule has 0 saturated carbocycles. The van der Waals surface area contributed by atoms with Crippen LogP contribution in [0.3, 0.4) is 0 Å². The number of aryl methyl sites for hydroxylation is 1. The topological polar surface area (TPSA) is 55.4 Å². The summed E-state index contributed by atoms with van der Waals surface area (Å²) in [5, 5.41) is 3.05. The molecule has 0 aliphatic rings. The standard InChI is InChI=1S/C16H14ClNO3/c1-11-4-2-3-5-14(11)21-15(19)10-18-16(20)12-6-8-13(17)9-7-12/h2-9H,10H2,1H3,(H,18,20). The highest BCUT2D eigenvalue weighted by atomic mass is 35.5. The maximum absolute atomic E-state index is 11.8. The Labute approximate surface area is 127 Å². The lowest BCUT2D eigenvalue weighted by molar-refractivity contribution is -0.133. The van der Waals surface area contributed by atoms with E-state index >= 15 is 0 Å². The Morgan fingerprint density at radius 1 is 1.10 bits per heavy atom. The fourth-order valence-electron chi connectivity index (χ4n) is 1.69. The Hall–Kier alpha value is -2.33. The number of benzene rings is 2. The third-order valence-corrected chi connectivity index (χ3v) is 3.07. The fourth-order valence-corrected chi connectivity index (χ4v) is 1.81. The summed E-state index contributed by atoms with van der Waals surface area (Å²) >= 11 is 5.74. The summed E-state index contributed by atoms with van der Waals surface area (Å²) in [5.74, 6) is -0.386. The number of rotatable bonds is 4. The van der Waals surface area contributed by atoms with Crippen molar-refractivity contribution >= 4 is 23.5 Å². The smallest absolute Gasteiger partial charge is 0.330 e. The molecule has 0 bridgehead atoms. The molecule has 0 fully saturated rings. The van der Waals surface area contributed by atoms with Crippen molar-refractivity contribution in [3.63, 3.8) is 0 Å². The highest BCUT2D eigenvalue weighted by molar-refractivity contribution is 6.30. The molecule has 0 radical (unpaired) electrons. The second-order valence-electron chi connectivity index (χ2n) is 4.43. The summed E-state index contributed by atoms with van der Waals surface area (Å²) in [6.45, 7) is 1.64. The minimum Gasteiger partial charge on any atom is -0.425 e. The molecule has 2 rings (SSSR count). The van der Waals surface area contributed by atoms with Gasteiger partial charge in [-0.25, -0.2) is 4.79 Å².